The Labute approximate surface area is 689 Å². The molecule has 0 radical (unpaired) electrons. The Hall–Kier alpha value is -9.53. The lowest BCUT2D eigenvalue weighted by Gasteiger charge is -2.43. The molecule has 6 rings (SSSR count). The van der Waals surface area contributed by atoms with Crippen LogP contribution in [0.1, 0.15) is 157 Å². The number of rotatable bonds is 21. The number of aliphatic carboxylic acids is 1. The molecule has 3 fully saturated rings. The van der Waals surface area contributed by atoms with Crippen LogP contribution in [-0.2, 0) is 84.2 Å². The Bertz CT molecular complexity index is 3890. The van der Waals surface area contributed by atoms with Crippen LogP contribution in [-0.4, -0.2) is 304 Å². The van der Waals surface area contributed by atoms with Gasteiger partial charge in [-0.3, -0.25) is 9.59 Å². The van der Waals surface area contributed by atoms with Gasteiger partial charge in [0.2, 0.25) is 11.8 Å². The van der Waals surface area contributed by atoms with Crippen molar-refractivity contribution in [3.8, 4) is 0 Å². The third-order valence-electron chi connectivity index (χ3n) is 16.5. The van der Waals surface area contributed by atoms with E-state index < -0.39 is 228 Å². The van der Waals surface area contributed by atoms with Gasteiger partial charge in [0, 0.05) is 43.7 Å². The SMILES string of the molecule is CC(C)(C)OC(=O)NCC1O[C@@H]([C@@H](NC(=O)OC(C)(C)C)C(=O)N[C@@H](Cc2cc3ccccc3n2C(=O)OC(C)(C)C)C(=O)NCc2ccccc2)C(O)[C@@H](O)[C@@H]1O.CC(C)(C)OC(=O)NCC1O[C@@H]([C@@H](NC(=O)OC(C)(C)C)C(=O)O)C(O)[C@@H](O)[C@@H]1O.COC(=O)[C@H](NC(=O)OC(C)(C)C)[C@@H]1OC(CNC(=O)OC(C)(C)C)[C@@H](O)[C@H](O)C1O. The number of amides is 8. The lowest BCUT2D eigenvalue weighted by Crippen LogP contribution is -2.68. The van der Waals surface area contributed by atoms with Crippen molar-refractivity contribution >= 4 is 77.3 Å². The minimum Gasteiger partial charge on any atom is -0.480 e. The van der Waals surface area contributed by atoms with Crippen LogP contribution in [0.5, 0.6) is 0 Å². The summed E-state index contributed by atoms with van der Waals surface area (Å²) in [7, 11) is 1.06. The van der Waals surface area contributed by atoms with Crippen molar-refractivity contribution in [3.63, 3.8) is 0 Å². The predicted octanol–water partition coefficient (Wildman–Crippen LogP) is 1.80. The van der Waals surface area contributed by atoms with E-state index in [1.807, 2.05) is 6.07 Å². The summed E-state index contributed by atoms with van der Waals surface area (Å²) in [4.78, 5) is 140. The summed E-state index contributed by atoms with van der Waals surface area (Å²) < 4.78 is 59.6. The summed E-state index contributed by atoms with van der Waals surface area (Å²) in [5.74, 6) is -4.27. The van der Waals surface area contributed by atoms with Crippen LogP contribution in [0.2, 0.25) is 0 Å². The molecular weight excluding hydrogens is 1570 g/mol. The first kappa shape index (κ1) is 102. The first-order valence-electron chi connectivity index (χ1n) is 38.2. The molecule has 6 unspecified atom stereocenters. The van der Waals surface area contributed by atoms with Gasteiger partial charge in [0.15, 0.2) is 12.1 Å². The van der Waals surface area contributed by atoms with Crippen molar-refractivity contribution in [2.45, 2.75) is 313 Å². The highest BCUT2D eigenvalue weighted by atomic mass is 16.6. The summed E-state index contributed by atoms with van der Waals surface area (Å²) in [6.45, 7) is 33.3. The number of para-hydroxylation sites is 1. The van der Waals surface area contributed by atoms with E-state index in [0.717, 1.165) is 12.7 Å². The smallest absolute Gasteiger partial charge is 0.419 e. The average Bonchev–Trinajstić information content (AvgIpc) is 1.77. The van der Waals surface area contributed by atoms with Crippen LogP contribution < -0.4 is 42.5 Å². The normalized spacial score (nSPS) is 24.5. The molecule has 0 spiro atoms. The number of aliphatic hydroxyl groups excluding tert-OH is 9. The average molecular weight is 1700 g/mol. The van der Waals surface area contributed by atoms with Crippen molar-refractivity contribution in [2.75, 3.05) is 26.7 Å². The van der Waals surface area contributed by atoms with Crippen molar-refractivity contribution in [1.29, 1.82) is 0 Å². The summed E-state index contributed by atoms with van der Waals surface area (Å²) in [6.07, 6.45) is -31.5. The highest BCUT2D eigenvalue weighted by Crippen LogP contribution is 2.30. The van der Waals surface area contributed by atoms with Gasteiger partial charge in [0.1, 0.15) is 143 Å². The van der Waals surface area contributed by atoms with E-state index in [1.54, 1.807) is 200 Å². The van der Waals surface area contributed by atoms with Crippen molar-refractivity contribution < 1.29 is 156 Å². The molecule has 0 saturated carbocycles. The lowest BCUT2D eigenvalue weighted by atomic mass is 9.90. The number of nitrogens with one attached hydrogen (secondary N) is 8. The van der Waals surface area contributed by atoms with Gasteiger partial charge in [-0.25, -0.2) is 47.7 Å². The quantitative estimate of drug-likeness (QED) is 0.0534. The maximum atomic E-state index is 14.5. The number of hydrogen-bond acceptors (Lipinski definition) is 31. The van der Waals surface area contributed by atoms with Crippen LogP contribution in [0, 0.1) is 0 Å². The number of aromatic nitrogens is 1. The van der Waals surface area contributed by atoms with E-state index >= 15 is 0 Å². The zero-order valence-corrected chi connectivity index (χ0v) is 71.2. The summed E-state index contributed by atoms with van der Waals surface area (Å²) in [6, 6.07) is 11.0. The van der Waals surface area contributed by atoms with Gasteiger partial charge in [-0.1, -0.05) is 48.5 Å². The van der Waals surface area contributed by atoms with Crippen LogP contribution >= 0.6 is 0 Å². The molecule has 3 saturated heterocycles. The molecule has 672 valence electrons. The summed E-state index contributed by atoms with van der Waals surface area (Å²) >= 11 is 0. The number of carboxylic acids is 1. The van der Waals surface area contributed by atoms with E-state index in [4.69, 9.17) is 47.4 Å². The van der Waals surface area contributed by atoms with Crippen LogP contribution in [0.25, 0.3) is 10.9 Å². The first-order chi connectivity index (χ1) is 54.5. The predicted molar refractivity (Wildman–Crippen MR) is 419 cm³/mol. The second-order valence-corrected chi connectivity index (χ2v) is 35.2. The van der Waals surface area contributed by atoms with Gasteiger partial charge >= 0.3 is 54.6 Å². The monoisotopic (exact) mass is 1700 g/mol. The van der Waals surface area contributed by atoms with Gasteiger partial charge in [0.25, 0.3) is 0 Å². The third kappa shape index (κ3) is 33.9. The van der Waals surface area contributed by atoms with Crippen molar-refractivity contribution in [3.05, 3.63) is 71.9 Å². The second-order valence-electron chi connectivity index (χ2n) is 35.2. The topological polar surface area (TPSA) is 593 Å². The molecule has 3 aliphatic heterocycles. The fraction of sp³-hybridized carbons (Fsp3) is 0.679. The van der Waals surface area contributed by atoms with E-state index in [-0.39, 0.29) is 26.1 Å². The van der Waals surface area contributed by atoms with E-state index in [9.17, 15) is 104 Å². The lowest BCUT2D eigenvalue weighted by molar-refractivity contribution is -0.228. The number of benzene rings is 2. The number of carboxylic acid groups (broad SMARTS) is 1. The van der Waals surface area contributed by atoms with E-state index in [0.29, 0.717) is 16.6 Å². The van der Waals surface area contributed by atoms with Crippen LogP contribution in [0.4, 0.5) is 33.6 Å². The number of carbonyl (C=O) groups is 11. The van der Waals surface area contributed by atoms with Crippen LogP contribution in [0.3, 0.4) is 0 Å². The van der Waals surface area contributed by atoms with Crippen molar-refractivity contribution in [1.82, 2.24) is 47.1 Å². The van der Waals surface area contributed by atoms with Gasteiger partial charge < -0.3 is 146 Å². The maximum Gasteiger partial charge on any atom is 0.419 e. The molecule has 0 bridgehead atoms. The first-order valence-corrected chi connectivity index (χ1v) is 38.2. The van der Waals surface area contributed by atoms with Crippen molar-refractivity contribution in [2.24, 2.45) is 0 Å². The molecular formula is C78H123N9O32. The standard InChI is InChI=1S/C41H57N5O12.C19H34N2O10.C18H32N2O10/c1-39(2,3)56-36(52)43-22-28-30(47)31(48)32(49)33(55-28)29(45-37(53)57-40(4,5)6)35(51)44-26(34(50)42-21-23-15-11-10-12-16-23)20-25-19-24-17-13-14-18-27(24)46(25)38(54)58-41(7,8)9;1-18(2,3)30-16(26)20-8-9-11(22)12(23)13(24)14(29-9)10(15(25)28-7)21-17(27)31-19(4,5)6;1-17(2,3)29-15(26)19-7-8-10(21)11(22)12(23)13(28-8)9(14(24)25)20-16(27)30-18(4,5)6/h10-19,26,28-33,47-49H,20-22H2,1-9H3,(H,42,50)(H,43,52)(H,44,51)(H,45,53);9-14,22-24H,8H2,1-7H3,(H,20,26)(H,21,27);8-13,21-23H,7H2,1-6H3,(H,19,26)(H,20,27)(H,24,25)/t26-,28?,29+,30+,31-,32?,33-;9?,10-,11-,12+,13?,14+;8?,9-,10-,11+,12?,13+/m011/s1. The number of ether oxygens (including phenoxy) is 11. The number of hydrogen-bond donors (Lipinski definition) is 18. The highest BCUT2D eigenvalue weighted by molar-refractivity contribution is 5.94. The summed E-state index contributed by atoms with van der Waals surface area (Å²) in [5, 5.41) is 124. The Morgan fingerprint density at radius 3 is 1.08 bits per heavy atom. The van der Waals surface area contributed by atoms with Crippen LogP contribution in [0.15, 0.2) is 60.7 Å². The molecule has 41 heteroatoms. The molecule has 8 amide bonds. The number of nitrogens with zero attached hydrogens (tertiary/aromatic N) is 1. The molecule has 1 aromatic heterocycles. The van der Waals surface area contributed by atoms with Gasteiger partial charge in [-0.2, -0.15) is 0 Å². The van der Waals surface area contributed by atoms with E-state index in [2.05, 4.69) is 47.3 Å². The molecule has 41 nitrogen and oxygen atoms in total. The maximum absolute atomic E-state index is 14.5. The molecule has 18 N–H and O–H groups in total. The Kier molecular flexibility index (Phi) is 36.5. The number of alkyl carbamates (subject to hydrolysis) is 6. The minimum atomic E-state index is -1.97. The number of carbonyl (C=O) groups excluding carboxylic acids is 10. The van der Waals surface area contributed by atoms with Gasteiger partial charge in [-0.15, -0.1) is 0 Å². The van der Waals surface area contributed by atoms with E-state index in [1.165, 1.54) is 4.57 Å². The fourth-order valence-electron chi connectivity index (χ4n) is 11.5. The largest absolute Gasteiger partial charge is 0.480 e. The molecule has 4 heterocycles. The van der Waals surface area contributed by atoms with Gasteiger partial charge in [0.05, 0.1) is 12.6 Å². The molecule has 3 aliphatic rings. The Balaban J connectivity index is 0.000000412. The molecule has 3 aromatic rings. The highest BCUT2D eigenvalue weighted by Gasteiger charge is 2.53. The number of methoxy groups -OCH3 is 1. The Morgan fingerprint density at radius 1 is 0.387 bits per heavy atom. The fourth-order valence-corrected chi connectivity index (χ4v) is 11.5. The third-order valence-corrected chi connectivity index (χ3v) is 16.5. The second kappa shape index (κ2) is 42.6. The molecule has 19 atom stereocenters. The number of fused-ring (bicyclic) bond motifs is 1. The number of aliphatic hydroxyl groups is 9. The molecule has 119 heavy (non-hydrogen) atoms. The number of esters is 1. The van der Waals surface area contributed by atoms with Gasteiger partial charge in [-0.05, 0) is 163 Å². The Morgan fingerprint density at radius 2 is 0.714 bits per heavy atom. The minimum absolute atomic E-state index is 0.0710. The molecule has 2 aromatic carbocycles. The molecule has 0 aliphatic carbocycles. The zero-order valence-electron chi connectivity index (χ0n) is 71.2. The summed E-state index contributed by atoms with van der Waals surface area (Å²) in [5.41, 5.74) is -4.55. The zero-order chi connectivity index (χ0) is 90.7.